The summed E-state index contributed by atoms with van der Waals surface area (Å²) in [7, 11) is -3.42. The van der Waals surface area contributed by atoms with Gasteiger partial charge in [0.05, 0.1) is 21.8 Å². The molecule has 4 aromatic carbocycles. The van der Waals surface area contributed by atoms with Crippen LogP contribution in [0.1, 0.15) is 16.7 Å². The van der Waals surface area contributed by atoms with Gasteiger partial charge in [-0.3, -0.25) is 9.08 Å². The Morgan fingerprint density at radius 1 is 0.745 bits per heavy atom. The van der Waals surface area contributed by atoms with Crippen molar-refractivity contribution in [3.63, 3.8) is 0 Å². The number of halogens is 3. The van der Waals surface area contributed by atoms with Gasteiger partial charge in [-0.1, -0.05) is 103 Å². The van der Waals surface area contributed by atoms with Crippen LogP contribution in [-0.4, -0.2) is 33.8 Å². The zero-order chi connectivity index (χ0) is 35.3. The highest BCUT2D eigenvalue weighted by Crippen LogP contribution is 2.44. The van der Waals surface area contributed by atoms with E-state index in [1.165, 1.54) is 18.4 Å². The average Bonchev–Trinajstić information content (AvgIpc) is 3.90. The van der Waals surface area contributed by atoms with Gasteiger partial charge >= 0.3 is 0 Å². The van der Waals surface area contributed by atoms with E-state index >= 15 is 4.39 Å². The molecule has 4 aromatic heterocycles. The third-order valence-corrected chi connectivity index (χ3v) is 12.1. The predicted octanol–water partition coefficient (Wildman–Crippen LogP) is 9.77. The highest BCUT2D eigenvalue weighted by atomic mass is 35.5. The Bertz CT molecular complexity index is 2560. The first-order valence-electron chi connectivity index (χ1n) is 15.8. The van der Waals surface area contributed by atoms with Gasteiger partial charge in [0.1, 0.15) is 27.1 Å². The maximum Gasteiger partial charge on any atom is 0.184 e. The van der Waals surface area contributed by atoms with Crippen molar-refractivity contribution < 1.29 is 17.2 Å². The standard InChI is InChI=1S/C40H27ClF2N4O2S2/c1-51(48,49)37-20-19-36(50-37)35-23-44-39-33(41)21-26(24-46(35)39)32-25-47(45-38(32)31-18-17-30(42)22-34(31)43)40(27-11-5-2-6-12-27,28-13-7-3-8-14-28)29-15-9-4-10-16-29/h2-25H,1H3. The summed E-state index contributed by atoms with van der Waals surface area (Å²) in [5, 5.41) is 5.50. The highest BCUT2D eigenvalue weighted by Gasteiger charge is 2.40. The van der Waals surface area contributed by atoms with Gasteiger partial charge in [0.2, 0.25) is 0 Å². The molecule has 0 saturated heterocycles. The van der Waals surface area contributed by atoms with Crippen LogP contribution >= 0.6 is 22.9 Å². The van der Waals surface area contributed by atoms with Crippen LogP contribution in [0, 0.1) is 11.6 Å². The van der Waals surface area contributed by atoms with E-state index in [0.29, 0.717) is 32.4 Å². The lowest BCUT2D eigenvalue weighted by Gasteiger charge is -2.36. The van der Waals surface area contributed by atoms with Crippen molar-refractivity contribution in [1.82, 2.24) is 19.2 Å². The number of hydrogen-bond donors (Lipinski definition) is 0. The third kappa shape index (κ3) is 5.65. The predicted molar refractivity (Wildman–Crippen MR) is 198 cm³/mol. The van der Waals surface area contributed by atoms with Gasteiger partial charge in [0.15, 0.2) is 15.5 Å². The number of sulfone groups is 1. The van der Waals surface area contributed by atoms with E-state index in [-0.39, 0.29) is 15.5 Å². The van der Waals surface area contributed by atoms with Crippen molar-refractivity contribution in [2.45, 2.75) is 9.75 Å². The number of aromatic nitrogens is 4. The van der Waals surface area contributed by atoms with Crippen LogP contribution in [0.3, 0.4) is 0 Å². The molecule has 0 N–H and O–H groups in total. The molecule has 6 nitrogen and oxygen atoms in total. The highest BCUT2D eigenvalue weighted by molar-refractivity contribution is 7.92. The average molecular weight is 733 g/mol. The number of fused-ring (bicyclic) bond motifs is 1. The SMILES string of the molecule is CS(=O)(=O)c1ccc(-c2cnc3c(Cl)cc(-c4cn(C(c5ccccc5)(c5ccccc5)c5ccccc5)nc4-c4ccc(F)cc4F)cn23)s1. The summed E-state index contributed by atoms with van der Waals surface area (Å²) in [5.74, 6) is -1.48. The fraction of sp³-hybridized carbons (Fsp3) is 0.0500. The summed E-state index contributed by atoms with van der Waals surface area (Å²) in [5.41, 5.74) is 4.27. The number of imidazole rings is 1. The van der Waals surface area contributed by atoms with Crippen LogP contribution in [0.25, 0.3) is 38.6 Å². The Kier molecular flexibility index (Phi) is 8.17. The third-order valence-electron chi connectivity index (χ3n) is 8.89. The quantitative estimate of drug-likeness (QED) is 0.146. The first-order valence-corrected chi connectivity index (χ1v) is 18.9. The van der Waals surface area contributed by atoms with Crippen LogP contribution in [0.15, 0.2) is 150 Å². The van der Waals surface area contributed by atoms with E-state index in [9.17, 15) is 12.8 Å². The summed E-state index contributed by atoms with van der Waals surface area (Å²) < 4.78 is 58.5. The molecule has 0 aliphatic heterocycles. The topological polar surface area (TPSA) is 69.3 Å². The van der Waals surface area contributed by atoms with E-state index in [1.807, 2.05) is 108 Å². The number of nitrogens with zero attached hydrogens (tertiary/aromatic N) is 4. The minimum Gasteiger partial charge on any atom is -0.297 e. The van der Waals surface area contributed by atoms with Crippen molar-refractivity contribution in [2.75, 3.05) is 6.26 Å². The van der Waals surface area contributed by atoms with Crippen LogP contribution in [0.2, 0.25) is 5.02 Å². The monoisotopic (exact) mass is 732 g/mol. The molecule has 0 atom stereocenters. The van der Waals surface area contributed by atoms with Gasteiger partial charge in [-0.2, -0.15) is 5.10 Å². The number of thiophene rings is 1. The largest absolute Gasteiger partial charge is 0.297 e. The fourth-order valence-corrected chi connectivity index (χ4v) is 8.80. The Hall–Kier alpha value is -5.42. The van der Waals surface area contributed by atoms with Gasteiger partial charge in [-0.05, 0) is 47.0 Å². The van der Waals surface area contributed by atoms with Crippen molar-refractivity contribution >= 4 is 38.4 Å². The Morgan fingerprint density at radius 2 is 1.35 bits per heavy atom. The first kappa shape index (κ1) is 32.8. The number of hydrogen-bond acceptors (Lipinski definition) is 5. The van der Waals surface area contributed by atoms with Crippen molar-refractivity contribution in [2.24, 2.45) is 0 Å². The van der Waals surface area contributed by atoms with E-state index < -0.39 is 27.0 Å². The molecule has 0 unspecified atom stereocenters. The molecule has 8 rings (SSSR count). The lowest BCUT2D eigenvalue weighted by Crippen LogP contribution is -2.38. The molecule has 0 amide bonds. The molecule has 11 heteroatoms. The summed E-state index contributed by atoms with van der Waals surface area (Å²) in [6, 6.07) is 38.3. The molecule has 8 aromatic rings. The molecule has 0 aliphatic carbocycles. The van der Waals surface area contributed by atoms with Crippen LogP contribution in [0.4, 0.5) is 8.78 Å². The molecule has 0 saturated carbocycles. The second-order valence-electron chi connectivity index (χ2n) is 12.1. The molecule has 51 heavy (non-hydrogen) atoms. The Labute approximate surface area is 301 Å². The minimum atomic E-state index is -3.42. The van der Waals surface area contributed by atoms with Crippen LogP contribution < -0.4 is 0 Å². The maximum absolute atomic E-state index is 15.8. The van der Waals surface area contributed by atoms with Crippen molar-refractivity contribution in [3.05, 3.63) is 179 Å². The lowest BCUT2D eigenvalue weighted by atomic mass is 9.77. The molecule has 252 valence electrons. The summed E-state index contributed by atoms with van der Waals surface area (Å²) >= 11 is 8.03. The van der Waals surface area contributed by atoms with Gasteiger partial charge in [-0.25, -0.2) is 22.2 Å². The first-order chi connectivity index (χ1) is 24.6. The van der Waals surface area contributed by atoms with E-state index in [1.54, 1.807) is 28.8 Å². The molecule has 0 fully saturated rings. The van der Waals surface area contributed by atoms with Crippen molar-refractivity contribution in [1.29, 1.82) is 0 Å². The smallest absolute Gasteiger partial charge is 0.184 e. The second-order valence-corrected chi connectivity index (χ2v) is 15.8. The molecule has 0 spiro atoms. The van der Waals surface area contributed by atoms with Crippen LogP contribution in [0.5, 0.6) is 0 Å². The van der Waals surface area contributed by atoms with Crippen LogP contribution in [-0.2, 0) is 15.4 Å². The number of rotatable bonds is 8. The normalized spacial score (nSPS) is 12.1. The van der Waals surface area contributed by atoms with Gasteiger partial charge in [0.25, 0.3) is 0 Å². The number of benzene rings is 4. The van der Waals surface area contributed by atoms with Gasteiger partial charge < -0.3 is 0 Å². The molecule has 0 aliphatic rings. The molecule has 4 heterocycles. The molecular formula is C40H27ClF2N4O2S2. The van der Waals surface area contributed by atoms with Gasteiger partial charge in [0, 0.05) is 41.4 Å². The zero-order valence-corrected chi connectivity index (χ0v) is 29.3. The molecule has 0 bridgehead atoms. The summed E-state index contributed by atoms with van der Waals surface area (Å²) in [4.78, 5) is 5.21. The summed E-state index contributed by atoms with van der Waals surface area (Å²) in [6.45, 7) is 0. The minimum absolute atomic E-state index is 0.103. The molecular weight excluding hydrogens is 706 g/mol. The Morgan fingerprint density at radius 3 is 1.90 bits per heavy atom. The van der Waals surface area contributed by atoms with E-state index in [4.69, 9.17) is 16.7 Å². The maximum atomic E-state index is 15.8. The van der Waals surface area contributed by atoms with Crippen molar-refractivity contribution in [3.8, 4) is 33.0 Å². The van der Waals surface area contributed by atoms with E-state index in [0.717, 1.165) is 34.1 Å². The Balaban J connectivity index is 1.44. The zero-order valence-electron chi connectivity index (χ0n) is 26.9. The lowest BCUT2D eigenvalue weighted by molar-refractivity contribution is 0.461. The molecule has 0 radical (unpaired) electrons. The van der Waals surface area contributed by atoms with E-state index in [2.05, 4.69) is 4.98 Å². The van der Waals surface area contributed by atoms with Gasteiger partial charge in [-0.15, -0.1) is 11.3 Å². The fourth-order valence-electron chi connectivity index (χ4n) is 6.60. The summed E-state index contributed by atoms with van der Waals surface area (Å²) in [6.07, 6.45) is 6.50. The number of pyridine rings is 1. The second kappa shape index (κ2) is 12.7.